The number of piperidine rings is 3. The molecule has 0 N–H and O–H groups in total. The van der Waals surface area contributed by atoms with Gasteiger partial charge in [0.1, 0.15) is 5.60 Å². The molecule has 3 fully saturated rings. The summed E-state index contributed by atoms with van der Waals surface area (Å²) >= 11 is 0. The maximum atomic E-state index is 6.22. The summed E-state index contributed by atoms with van der Waals surface area (Å²) in [6.07, 6.45) is 5.50. The highest BCUT2D eigenvalue weighted by atomic mass is 16.5. The van der Waals surface area contributed by atoms with E-state index >= 15 is 0 Å². The van der Waals surface area contributed by atoms with Gasteiger partial charge in [0.2, 0.25) is 5.88 Å². The second-order valence-electron chi connectivity index (χ2n) is 5.36. The van der Waals surface area contributed by atoms with E-state index in [-0.39, 0.29) is 5.60 Å². The van der Waals surface area contributed by atoms with Crippen LogP contribution in [-0.2, 0) is 6.42 Å². The summed E-state index contributed by atoms with van der Waals surface area (Å²) in [5, 5.41) is 0. The summed E-state index contributed by atoms with van der Waals surface area (Å²) < 4.78 is 6.22. The standard InChI is InChI=1S/C13H16N2O/c1-2-10-8-13(16-12(10)14-5-1)9-15-6-3-11(13)4-7-15/h1-2,5,11H,3-4,6-9H2. The van der Waals surface area contributed by atoms with Crippen LogP contribution in [-0.4, -0.2) is 35.1 Å². The number of rotatable bonds is 0. The minimum Gasteiger partial charge on any atom is -0.469 e. The number of aromatic nitrogens is 1. The molecule has 5 rings (SSSR count). The second-order valence-corrected chi connectivity index (χ2v) is 5.36. The molecule has 0 aliphatic carbocycles. The van der Waals surface area contributed by atoms with Crippen LogP contribution < -0.4 is 4.74 Å². The normalized spacial score (nSPS) is 39.8. The Kier molecular flexibility index (Phi) is 1.67. The number of hydrogen-bond acceptors (Lipinski definition) is 3. The first-order valence-electron chi connectivity index (χ1n) is 6.21. The van der Waals surface area contributed by atoms with Crippen molar-refractivity contribution in [1.29, 1.82) is 0 Å². The van der Waals surface area contributed by atoms with Gasteiger partial charge >= 0.3 is 0 Å². The second kappa shape index (κ2) is 2.98. The van der Waals surface area contributed by atoms with Crippen LogP contribution in [0.2, 0.25) is 0 Å². The fourth-order valence-electron chi connectivity index (χ4n) is 3.64. The van der Waals surface area contributed by atoms with Gasteiger partial charge in [-0.3, -0.25) is 4.90 Å². The van der Waals surface area contributed by atoms with E-state index in [9.17, 15) is 0 Å². The molecule has 16 heavy (non-hydrogen) atoms. The van der Waals surface area contributed by atoms with Crippen molar-refractivity contribution in [1.82, 2.24) is 9.88 Å². The van der Waals surface area contributed by atoms with Crippen molar-refractivity contribution in [3.8, 4) is 5.88 Å². The molecule has 4 aliphatic heterocycles. The SMILES string of the molecule is c1cnc2c(c1)CC1(CN3CCC1CC3)O2. The Morgan fingerprint density at radius 2 is 2.25 bits per heavy atom. The molecule has 1 spiro atoms. The molecular weight excluding hydrogens is 200 g/mol. The fraction of sp³-hybridized carbons (Fsp3) is 0.615. The van der Waals surface area contributed by atoms with Gasteiger partial charge in [0, 0.05) is 30.6 Å². The van der Waals surface area contributed by atoms with Gasteiger partial charge in [0.25, 0.3) is 0 Å². The van der Waals surface area contributed by atoms with E-state index in [2.05, 4.69) is 16.0 Å². The largest absolute Gasteiger partial charge is 0.469 e. The molecule has 0 radical (unpaired) electrons. The van der Waals surface area contributed by atoms with E-state index in [1.54, 1.807) is 0 Å². The zero-order valence-corrected chi connectivity index (χ0v) is 9.35. The van der Waals surface area contributed by atoms with Crippen LogP contribution in [0, 0.1) is 5.92 Å². The Morgan fingerprint density at radius 3 is 2.94 bits per heavy atom. The average molecular weight is 216 g/mol. The van der Waals surface area contributed by atoms with Crippen LogP contribution >= 0.6 is 0 Å². The molecule has 5 heterocycles. The topological polar surface area (TPSA) is 25.4 Å². The number of nitrogens with zero attached hydrogens (tertiary/aromatic N) is 2. The Bertz CT molecular complexity index is 399. The van der Waals surface area contributed by atoms with Crippen LogP contribution in [0.15, 0.2) is 18.3 Å². The van der Waals surface area contributed by atoms with Crippen molar-refractivity contribution in [2.24, 2.45) is 5.92 Å². The van der Waals surface area contributed by atoms with E-state index in [1.807, 2.05) is 12.3 Å². The molecule has 0 saturated carbocycles. The molecule has 3 heteroatoms. The van der Waals surface area contributed by atoms with Crippen LogP contribution in [0.1, 0.15) is 18.4 Å². The summed E-state index contributed by atoms with van der Waals surface area (Å²) in [5.41, 5.74) is 1.36. The highest BCUT2D eigenvalue weighted by Crippen LogP contribution is 2.45. The lowest BCUT2D eigenvalue weighted by Gasteiger charge is -2.50. The molecule has 0 amide bonds. The molecule has 1 aromatic heterocycles. The number of hydrogen-bond donors (Lipinski definition) is 0. The van der Waals surface area contributed by atoms with Gasteiger partial charge in [-0.25, -0.2) is 4.98 Å². The number of pyridine rings is 1. The van der Waals surface area contributed by atoms with E-state index in [1.165, 1.54) is 31.5 Å². The first-order chi connectivity index (χ1) is 7.86. The zero-order valence-electron chi connectivity index (χ0n) is 9.35. The fourth-order valence-corrected chi connectivity index (χ4v) is 3.64. The Balaban J connectivity index is 1.72. The lowest BCUT2D eigenvalue weighted by molar-refractivity contribution is -0.0814. The van der Waals surface area contributed by atoms with Gasteiger partial charge in [0.05, 0.1) is 0 Å². The summed E-state index contributed by atoms with van der Waals surface area (Å²) in [7, 11) is 0. The molecule has 1 atom stereocenters. The summed E-state index contributed by atoms with van der Waals surface area (Å²) in [4.78, 5) is 6.90. The third-order valence-corrected chi connectivity index (χ3v) is 4.46. The molecule has 1 unspecified atom stereocenters. The van der Waals surface area contributed by atoms with Crippen molar-refractivity contribution >= 4 is 0 Å². The quantitative estimate of drug-likeness (QED) is 0.657. The van der Waals surface area contributed by atoms with Crippen LogP contribution in [0.3, 0.4) is 0 Å². The van der Waals surface area contributed by atoms with Gasteiger partial charge in [-0.1, -0.05) is 6.07 Å². The highest BCUT2D eigenvalue weighted by Gasteiger charge is 2.52. The lowest BCUT2D eigenvalue weighted by Crippen LogP contribution is -2.61. The summed E-state index contributed by atoms with van der Waals surface area (Å²) in [5.74, 6) is 1.63. The first-order valence-corrected chi connectivity index (χ1v) is 6.21. The van der Waals surface area contributed by atoms with Crippen molar-refractivity contribution < 1.29 is 4.74 Å². The van der Waals surface area contributed by atoms with E-state index < -0.39 is 0 Å². The molecule has 84 valence electrons. The molecule has 3 saturated heterocycles. The van der Waals surface area contributed by atoms with Crippen molar-refractivity contribution in [2.75, 3.05) is 19.6 Å². The van der Waals surface area contributed by atoms with Gasteiger partial charge in [-0.15, -0.1) is 0 Å². The predicted molar refractivity (Wildman–Crippen MR) is 60.5 cm³/mol. The zero-order chi connectivity index (χ0) is 10.6. The monoisotopic (exact) mass is 216 g/mol. The molecular formula is C13H16N2O. The average Bonchev–Trinajstić information content (AvgIpc) is 2.68. The van der Waals surface area contributed by atoms with Crippen molar-refractivity contribution in [2.45, 2.75) is 24.9 Å². The molecule has 2 bridgehead atoms. The van der Waals surface area contributed by atoms with Crippen LogP contribution in [0.25, 0.3) is 0 Å². The van der Waals surface area contributed by atoms with E-state index in [4.69, 9.17) is 4.74 Å². The third-order valence-electron chi connectivity index (χ3n) is 4.46. The van der Waals surface area contributed by atoms with Gasteiger partial charge in [0.15, 0.2) is 0 Å². The van der Waals surface area contributed by atoms with Gasteiger partial charge < -0.3 is 4.74 Å². The maximum absolute atomic E-state index is 6.22. The van der Waals surface area contributed by atoms with E-state index in [0.29, 0.717) is 0 Å². The van der Waals surface area contributed by atoms with Crippen molar-refractivity contribution in [3.05, 3.63) is 23.9 Å². The molecule has 1 aromatic rings. The Labute approximate surface area is 95.4 Å². The summed E-state index contributed by atoms with van der Waals surface area (Å²) in [6.45, 7) is 3.63. The van der Waals surface area contributed by atoms with Crippen molar-refractivity contribution in [3.63, 3.8) is 0 Å². The summed E-state index contributed by atoms with van der Waals surface area (Å²) in [6, 6.07) is 4.18. The predicted octanol–water partition coefficient (Wildman–Crippen LogP) is 1.48. The smallest absolute Gasteiger partial charge is 0.217 e. The number of ether oxygens (including phenoxy) is 1. The molecule has 0 aromatic carbocycles. The van der Waals surface area contributed by atoms with E-state index in [0.717, 1.165) is 24.8 Å². The maximum Gasteiger partial charge on any atom is 0.217 e. The third kappa shape index (κ3) is 1.09. The molecule has 3 nitrogen and oxygen atoms in total. The molecule has 4 aliphatic rings. The number of fused-ring (bicyclic) bond motifs is 3. The Morgan fingerprint density at radius 1 is 1.38 bits per heavy atom. The Hall–Kier alpha value is -1.09. The van der Waals surface area contributed by atoms with Crippen LogP contribution in [0.4, 0.5) is 0 Å². The minimum atomic E-state index is 0.0627. The van der Waals surface area contributed by atoms with Crippen LogP contribution in [0.5, 0.6) is 5.88 Å². The lowest BCUT2D eigenvalue weighted by atomic mass is 9.73. The minimum absolute atomic E-state index is 0.0627. The highest BCUT2D eigenvalue weighted by molar-refractivity contribution is 5.34. The first kappa shape index (κ1) is 8.99. The van der Waals surface area contributed by atoms with Gasteiger partial charge in [-0.05, 0) is 32.0 Å². The van der Waals surface area contributed by atoms with Gasteiger partial charge in [-0.2, -0.15) is 0 Å².